The van der Waals surface area contributed by atoms with Gasteiger partial charge in [0.1, 0.15) is 12.1 Å². The van der Waals surface area contributed by atoms with E-state index in [-0.39, 0.29) is 12.5 Å². The molecule has 1 aliphatic carbocycles. The van der Waals surface area contributed by atoms with Crippen LogP contribution in [0.4, 0.5) is 10.5 Å². The molecule has 7 heteroatoms. The topological polar surface area (TPSA) is 78.5 Å². The molecule has 6 nitrogen and oxygen atoms in total. The fourth-order valence-electron chi connectivity index (χ4n) is 3.63. The summed E-state index contributed by atoms with van der Waals surface area (Å²) in [5.74, 6) is -0.793. The number of anilines is 1. The summed E-state index contributed by atoms with van der Waals surface area (Å²) in [6, 6.07) is 14.2. The van der Waals surface area contributed by atoms with Crippen LogP contribution in [0.25, 0.3) is 0 Å². The zero-order valence-corrected chi connectivity index (χ0v) is 15.4. The van der Waals surface area contributed by atoms with Crippen molar-refractivity contribution in [2.75, 3.05) is 11.9 Å². The molecule has 4 amide bonds. The summed E-state index contributed by atoms with van der Waals surface area (Å²) in [6.07, 6.45) is 1.23. The highest BCUT2D eigenvalue weighted by atomic mass is 79.9. The Balaban J connectivity index is 1.54. The number of fused-ring (bicyclic) bond motifs is 2. The first-order valence-electron chi connectivity index (χ1n) is 8.28. The first-order valence-corrected chi connectivity index (χ1v) is 9.07. The number of carbonyl (C=O) groups excluding carboxylic acids is 3. The highest BCUT2D eigenvalue weighted by Crippen LogP contribution is 2.41. The van der Waals surface area contributed by atoms with Crippen LogP contribution < -0.4 is 10.6 Å². The van der Waals surface area contributed by atoms with E-state index in [1.54, 1.807) is 18.2 Å². The number of imide groups is 1. The number of aryl methyl sites for hydroxylation is 1. The highest BCUT2D eigenvalue weighted by molar-refractivity contribution is 9.10. The van der Waals surface area contributed by atoms with Gasteiger partial charge in [0.2, 0.25) is 5.91 Å². The Hall–Kier alpha value is -2.67. The summed E-state index contributed by atoms with van der Waals surface area (Å²) < 4.78 is 0.728. The maximum Gasteiger partial charge on any atom is 0.325 e. The normalized spacial score (nSPS) is 21.0. The van der Waals surface area contributed by atoms with E-state index in [0.29, 0.717) is 12.1 Å². The Morgan fingerprint density at radius 1 is 1.15 bits per heavy atom. The lowest BCUT2D eigenvalue weighted by Crippen LogP contribution is -2.43. The molecular formula is C19H16BrN3O3. The average Bonchev–Trinajstić information content (AvgIpc) is 3.11. The van der Waals surface area contributed by atoms with Crippen LogP contribution in [0.2, 0.25) is 0 Å². The number of urea groups is 1. The lowest BCUT2D eigenvalue weighted by Gasteiger charge is -2.22. The van der Waals surface area contributed by atoms with Gasteiger partial charge in [0.05, 0.1) is 5.69 Å². The minimum atomic E-state index is -1.04. The van der Waals surface area contributed by atoms with Crippen LogP contribution in [-0.4, -0.2) is 29.3 Å². The van der Waals surface area contributed by atoms with Crippen molar-refractivity contribution in [3.63, 3.8) is 0 Å². The van der Waals surface area contributed by atoms with E-state index in [1.165, 1.54) is 0 Å². The number of carbonyl (C=O) groups is 3. The molecule has 2 aliphatic rings. The fourth-order valence-corrected chi connectivity index (χ4v) is 4.01. The van der Waals surface area contributed by atoms with Crippen molar-refractivity contribution in [3.8, 4) is 0 Å². The van der Waals surface area contributed by atoms with E-state index < -0.39 is 17.5 Å². The zero-order chi connectivity index (χ0) is 18.3. The molecule has 1 heterocycles. The molecule has 1 aliphatic heterocycles. The molecule has 26 heavy (non-hydrogen) atoms. The van der Waals surface area contributed by atoms with E-state index in [0.717, 1.165) is 26.9 Å². The number of hydrogen-bond acceptors (Lipinski definition) is 3. The lowest BCUT2D eigenvalue weighted by atomic mass is 9.92. The summed E-state index contributed by atoms with van der Waals surface area (Å²) in [5, 5.41) is 5.53. The van der Waals surface area contributed by atoms with Crippen molar-refractivity contribution in [1.82, 2.24) is 10.2 Å². The van der Waals surface area contributed by atoms with Crippen molar-refractivity contribution in [2.45, 2.75) is 18.4 Å². The average molecular weight is 414 g/mol. The van der Waals surface area contributed by atoms with E-state index in [4.69, 9.17) is 0 Å². The van der Waals surface area contributed by atoms with Crippen molar-refractivity contribution < 1.29 is 14.4 Å². The van der Waals surface area contributed by atoms with Crippen molar-refractivity contribution >= 4 is 39.5 Å². The van der Waals surface area contributed by atoms with Gasteiger partial charge >= 0.3 is 6.03 Å². The third kappa shape index (κ3) is 2.59. The number of para-hydroxylation sites is 1. The Kier molecular flexibility index (Phi) is 4.03. The van der Waals surface area contributed by atoms with Crippen molar-refractivity contribution in [2.24, 2.45) is 0 Å². The van der Waals surface area contributed by atoms with Crippen LogP contribution in [0.15, 0.2) is 53.0 Å². The molecule has 0 saturated carbocycles. The maximum absolute atomic E-state index is 13.0. The largest absolute Gasteiger partial charge is 0.325 e. The molecule has 2 aromatic carbocycles. The van der Waals surface area contributed by atoms with Gasteiger partial charge in [0, 0.05) is 4.47 Å². The molecule has 4 rings (SSSR count). The van der Waals surface area contributed by atoms with Crippen LogP contribution in [0.5, 0.6) is 0 Å². The second-order valence-electron chi connectivity index (χ2n) is 6.41. The van der Waals surface area contributed by atoms with Gasteiger partial charge in [-0.05, 0) is 52.0 Å². The van der Waals surface area contributed by atoms with Gasteiger partial charge in [-0.3, -0.25) is 14.5 Å². The monoisotopic (exact) mass is 413 g/mol. The number of nitrogens with one attached hydrogen (secondary N) is 2. The van der Waals surface area contributed by atoms with Crippen LogP contribution in [0.1, 0.15) is 17.5 Å². The molecule has 1 fully saturated rings. The van der Waals surface area contributed by atoms with E-state index in [2.05, 4.69) is 26.6 Å². The standard InChI is InChI=1S/C19H16BrN3O3/c20-14-7-3-4-8-15(14)21-16(24)11-23-17(25)19(22-18(23)26)10-9-12-5-1-2-6-13(12)19/h1-8H,9-11H2,(H,21,24)(H,22,26)/t19-/m0/s1. The summed E-state index contributed by atoms with van der Waals surface area (Å²) in [5.41, 5.74) is 1.43. The molecule has 1 spiro atoms. The lowest BCUT2D eigenvalue weighted by molar-refractivity contribution is -0.134. The molecular weight excluding hydrogens is 398 g/mol. The predicted molar refractivity (Wildman–Crippen MR) is 99.5 cm³/mol. The Morgan fingerprint density at radius 3 is 2.69 bits per heavy atom. The van der Waals surface area contributed by atoms with Crippen molar-refractivity contribution in [1.29, 1.82) is 0 Å². The van der Waals surface area contributed by atoms with E-state index in [9.17, 15) is 14.4 Å². The number of hydrogen-bond donors (Lipinski definition) is 2. The third-order valence-corrected chi connectivity index (χ3v) is 5.56. The van der Waals surface area contributed by atoms with Gasteiger partial charge in [0.15, 0.2) is 0 Å². The molecule has 0 radical (unpaired) electrons. The quantitative estimate of drug-likeness (QED) is 0.759. The van der Waals surface area contributed by atoms with E-state index >= 15 is 0 Å². The maximum atomic E-state index is 13.0. The van der Waals surface area contributed by atoms with Gasteiger partial charge in [0.25, 0.3) is 5.91 Å². The Morgan fingerprint density at radius 2 is 1.88 bits per heavy atom. The molecule has 0 unspecified atom stereocenters. The van der Waals surface area contributed by atoms with Crippen molar-refractivity contribution in [3.05, 3.63) is 64.1 Å². The number of rotatable bonds is 3. The fraction of sp³-hybridized carbons (Fsp3) is 0.211. The number of benzene rings is 2. The smallest absolute Gasteiger partial charge is 0.324 e. The number of halogens is 1. The van der Waals surface area contributed by atoms with Gasteiger partial charge in [-0.2, -0.15) is 0 Å². The second-order valence-corrected chi connectivity index (χ2v) is 7.27. The summed E-state index contributed by atoms with van der Waals surface area (Å²) in [6.45, 7) is -0.323. The minimum Gasteiger partial charge on any atom is -0.324 e. The molecule has 0 bridgehead atoms. The molecule has 1 saturated heterocycles. The number of nitrogens with zero attached hydrogens (tertiary/aromatic N) is 1. The zero-order valence-electron chi connectivity index (χ0n) is 13.8. The Bertz CT molecular complexity index is 930. The minimum absolute atomic E-state index is 0.323. The van der Waals surface area contributed by atoms with Crippen LogP contribution >= 0.6 is 15.9 Å². The van der Waals surface area contributed by atoms with Gasteiger partial charge < -0.3 is 10.6 Å². The molecule has 1 atom stereocenters. The SMILES string of the molecule is O=C(CN1C(=O)N[C@]2(CCc3ccccc32)C1=O)Nc1ccccc1Br. The van der Waals surface area contributed by atoms with Crippen LogP contribution in [0, 0.1) is 0 Å². The highest BCUT2D eigenvalue weighted by Gasteiger charge is 2.55. The van der Waals surface area contributed by atoms with Gasteiger partial charge in [-0.15, -0.1) is 0 Å². The van der Waals surface area contributed by atoms with Crippen LogP contribution in [-0.2, 0) is 21.5 Å². The summed E-state index contributed by atoms with van der Waals surface area (Å²) >= 11 is 3.35. The molecule has 0 aromatic heterocycles. The second kappa shape index (κ2) is 6.25. The predicted octanol–water partition coefficient (Wildman–Crippen LogP) is 2.78. The first kappa shape index (κ1) is 16.8. The van der Waals surface area contributed by atoms with Crippen LogP contribution in [0.3, 0.4) is 0 Å². The summed E-state index contributed by atoms with van der Waals surface area (Å²) in [4.78, 5) is 38.8. The molecule has 2 aromatic rings. The number of amides is 4. The molecule has 2 N–H and O–H groups in total. The Labute approximate surface area is 158 Å². The first-order chi connectivity index (χ1) is 12.5. The van der Waals surface area contributed by atoms with Gasteiger partial charge in [-0.25, -0.2) is 4.79 Å². The van der Waals surface area contributed by atoms with E-state index in [1.807, 2.05) is 30.3 Å². The van der Waals surface area contributed by atoms with Gasteiger partial charge in [-0.1, -0.05) is 36.4 Å². The molecule has 132 valence electrons. The third-order valence-electron chi connectivity index (χ3n) is 4.87. The summed E-state index contributed by atoms with van der Waals surface area (Å²) in [7, 11) is 0.